The van der Waals surface area contributed by atoms with Gasteiger partial charge in [0.1, 0.15) is 0 Å². The summed E-state index contributed by atoms with van der Waals surface area (Å²) in [5, 5.41) is 9.41. The van der Waals surface area contributed by atoms with Crippen molar-refractivity contribution < 1.29 is 18.3 Å². The number of sulfonamides is 1. The molecule has 20 heavy (non-hydrogen) atoms. The van der Waals surface area contributed by atoms with Gasteiger partial charge in [-0.3, -0.25) is 0 Å². The summed E-state index contributed by atoms with van der Waals surface area (Å²) in [5.74, 6) is 0.246. The fourth-order valence-corrected chi connectivity index (χ4v) is 3.32. The Hall–Kier alpha value is -0.950. The Morgan fingerprint density at radius 2 is 2.10 bits per heavy atom. The van der Waals surface area contributed by atoms with Gasteiger partial charge in [-0.15, -0.1) is 0 Å². The third-order valence-electron chi connectivity index (χ3n) is 3.49. The third kappa shape index (κ3) is 4.02. The van der Waals surface area contributed by atoms with Gasteiger partial charge in [-0.1, -0.05) is 12.1 Å². The van der Waals surface area contributed by atoms with Gasteiger partial charge in [-0.2, -0.15) is 0 Å². The van der Waals surface area contributed by atoms with Crippen molar-refractivity contribution >= 4 is 10.0 Å². The molecule has 2 unspecified atom stereocenters. The first kappa shape index (κ1) is 15.4. The van der Waals surface area contributed by atoms with Gasteiger partial charge in [-0.25, -0.2) is 13.1 Å². The van der Waals surface area contributed by atoms with Crippen molar-refractivity contribution in [3.63, 3.8) is 0 Å². The Kier molecular flexibility index (Phi) is 5.15. The van der Waals surface area contributed by atoms with Crippen LogP contribution in [-0.4, -0.2) is 33.3 Å². The zero-order valence-corrected chi connectivity index (χ0v) is 12.4. The van der Waals surface area contributed by atoms with Crippen LogP contribution >= 0.6 is 0 Å². The van der Waals surface area contributed by atoms with E-state index in [0.29, 0.717) is 18.7 Å². The largest absolute Gasteiger partial charge is 0.389 e. The Labute approximate surface area is 120 Å². The summed E-state index contributed by atoms with van der Waals surface area (Å²) in [6, 6.07) is 6.29. The molecule has 6 heteroatoms. The summed E-state index contributed by atoms with van der Waals surface area (Å²) < 4.78 is 32.2. The van der Waals surface area contributed by atoms with Crippen LogP contribution in [0.25, 0.3) is 0 Å². The maximum atomic E-state index is 12.1. The fraction of sp³-hybridized carbons (Fsp3) is 0.571. The van der Waals surface area contributed by atoms with Crippen LogP contribution < -0.4 is 4.72 Å². The molecule has 2 rings (SSSR count). The molecule has 0 spiro atoms. The molecular formula is C14H21NO4S. The number of nitrogens with one attached hydrogen (secondary N) is 1. The molecule has 1 aromatic carbocycles. The number of benzene rings is 1. The molecule has 2 N–H and O–H groups in total. The predicted molar refractivity (Wildman–Crippen MR) is 75.8 cm³/mol. The van der Waals surface area contributed by atoms with E-state index in [2.05, 4.69) is 4.72 Å². The van der Waals surface area contributed by atoms with E-state index in [1.54, 1.807) is 19.1 Å². The second-order valence-corrected chi connectivity index (χ2v) is 6.95. The predicted octanol–water partition coefficient (Wildman–Crippen LogP) is 1.44. The van der Waals surface area contributed by atoms with E-state index in [1.807, 2.05) is 0 Å². The summed E-state index contributed by atoms with van der Waals surface area (Å²) in [7, 11) is -3.49. The van der Waals surface area contributed by atoms with Crippen LogP contribution in [0.2, 0.25) is 0 Å². The van der Waals surface area contributed by atoms with Gasteiger partial charge in [-0.05, 0) is 43.4 Å². The van der Waals surface area contributed by atoms with E-state index >= 15 is 0 Å². The molecule has 1 aromatic rings. The number of aliphatic hydroxyl groups is 1. The average molecular weight is 299 g/mol. The summed E-state index contributed by atoms with van der Waals surface area (Å²) in [6.07, 6.45) is 1.37. The Bertz CT molecular complexity index is 519. The zero-order valence-electron chi connectivity index (χ0n) is 11.6. The molecule has 0 bridgehead atoms. The van der Waals surface area contributed by atoms with E-state index in [1.165, 1.54) is 12.1 Å². The quantitative estimate of drug-likeness (QED) is 0.863. The van der Waals surface area contributed by atoms with Gasteiger partial charge in [0.05, 0.1) is 17.6 Å². The highest BCUT2D eigenvalue weighted by Gasteiger charge is 2.19. The van der Waals surface area contributed by atoms with Crippen molar-refractivity contribution in [2.24, 2.45) is 5.92 Å². The minimum atomic E-state index is -3.49. The van der Waals surface area contributed by atoms with Crippen LogP contribution in [0, 0.1) is 5.92 Å². The lowest BCUT2D eigenvalue weighted by atomic mass is 10.0. The molecule has 2 atom stereocenters. The molecule has 0 radical (unpaired) electrons. The highest BCUT2D eigenvalue weighted by molar-refractivity contribution is 7.89. The minimum Gasteiger partial charge on any atom is -0.389 e. The molecule has 0 aromatic heterocycles. The summed E-state index contributed by atoms with van der Waals surface area (Å²) in [5.41, 5.74) is 0.699. The van der Waals surface area contributed by atoms with Crippen molar-refractivity contribution in [1.82, 2.24) is 4.72 Å². The van der Waals surface area contributed by atoms with Crippen molar-refractivity contribution in [2.75, 3.05) is 19.8 Å². The lowest BCUT2D eigenvalue weighted by Crippen LogP contribution is -2.33. The fourth-order valence-electron chi connectivity index (χ4n) is 2.20. The van der Waals surface area contributed by atoms with Crippen molar-refractivity contribution in [1.29, 1.82) is 0 Å². The van der Waals surface area contributed by atoms with Gasteiger partial charge in [0.15, 0.2) is 0 Å². The van der Waals surface area contributed by atoms with Crippen LogP contribution in [0.4, 0.5) is 0 Å². The minimum absolute atomic E-state index is 0.221. The second kappa shape index (κ2) is 6.67. The lowest BCUT2D eigenvalue weighted by molar-refractivity contribution is 0.0568. The molecule has 0 saturated carbocycles. The van der Waals surface area contributed by atoms with Gasteiger partial charge >= 0.3 is 0 Å². The molecule has 0 aliphatic carbocycles. The number of hydrogen-bond donors (Lipinski definition) is 2. The molecule has 0 amide bonds. The Morgan fingerprint density at radius 3 is 2.65 bits per heavy atom. The molecule has 5 nitrogen and oxygen atoms in total. The Balaban J connectivity index is 1.98. The lowest BCUT2D eigenvalue weighted by Gasteiger charge is -2.22. The highest BCUT2D eigenvalue weighted by atomic mass is 32.2. The smallest absolute Gasteiger partial charge is 0.240 e. The van der Waals surface area contributed by atoms with E-state index < -0.39 is 16.1 Å². The normalized spacial score (nSPS) is 21.6. The monoisotopic (exact) mass is 299 g/mol. The van der Waals surface area contributed by atoms with Crippen LogP contribution in [0.1, 0.15) is 31.4 Å². The van der Waals surface area contributed by atoms with Crippen molar-refractivity contribution in [3.8, 4) is 0 Å². The maximum absolute atomic E-state index is 12.1. The van der Waals surface area contributed by atoms with Crippen LogP contribution in [0.3, 0.4) is 0 Å². The first-order chi connectivity index (χ1) is 9.49. The standard InChI is InChI=1S/C14H21NO4S/c1-11(16)13-4-6-14(7-5-13)20(17,18)15-9-12-3-2-8-19-10-12/h4-7,11-12,15-16H,2-3,8-10H2,1H3. The summed E-state index contributed by atoms with van der Waals surface area (Å²) in [6.45, 7) is 3.43. The van der Waals surface area contributed by atoms with Gasteiger partial charge in [0.25, 0.3) is 0 Å². The molecular weight excluding hydrogens is 278 g/mol. The molecule has 1 heterocycles. The van der Waals surface area contributed by atoms with Gasteiger partial charge in [0, 0.05) is 13.2 Å². The Morgan fingerprint density at radius 1 is 1.40 bits per heavy atom. The van der Waals surface area contributed by atoms with E-state index in [4.69, 9.17) is 4.74 Å². The second-order valence-electron chi connectivity index (χ2n) is 5.18. The van der Waals surface area contributed by atoms with Gasteiger partial charge < -0.3 is 9.84 Å². The van der Waals surface area contributed by atoms with Crippen LogP contribution in [0.5, 0.6) is 0 Å². The first-order valence-corrected chi connectivity index (χ1v) is 8.33. The van der Waals surface area contributed by atoms with E-state index in [0.717, 1.165) is 19.4 Å². The SMILES string of the molecule is CC(O)c1ccc(S(=O)(=O)NCC2CCCOC2)cc1. The van der Waals surface area contributed by atoms with Crippen molar-refractivity contribution in [2.45, 2.75) is 30.8 Å². The van der Waals surface area contributed by atoms with E-state index in [9.17, 15) is 13.5 Å². The average Bonchev–Trinajstić information content (AvgIpc) is 2.46. The third-order valence-corrected chi connectivity index (χ3v) is 4.93. The zero-order chi connectivity index (χ0) is 14.6. The highest BCUT2D eigenvalue weighted by Crippen LogP contribution is 2.17. The first-order valence-electron chi connectivity index (χ1n) is 6.84. The van der Waals surface area contributed by atoms with Gasteiger partial charge in [0.2, 0.25) is 10.0 Å². The summed E-state index contributed by atoms with van der Waals surface area (Å²) in [4.78, 5) is 0.221. The molecule has 1 saturated heterocycles. The van der Waals surface area contributed by atoms with E-state index in [-0.39, 0.29) is 10.8 Å². The summed E-state index contributed by atoms with van der Waals surface area (Å²) >= 11 is 0. The number of hydrogen-bond acceptors (Lipinski definition) is 4. The molecule has 1 aliphatic rings. The molecule has 1 fully saturated rings. The number of ether oxygens (including phenoxy) is 1. The number of aliphatic hydroxyl groups excluding tert-OH is 1. The molecule has 112 valence electrons. The van der Waals surface area contributed by atoms with Crippen LogP contribution in [0.15, 0.2) is 29.2 Å². The topological polar surface area (TPSA) is 75.6 Å². The van der Waals surface area contributed by atoms with Crippen molar-refractivity contribution in [3.05, 3.63) is 29.8 Å². The number of rotatable bonds is 5. The molecule has 1 aliphatic heterocycles. The maximum Gasteiger partial charge on any atom is 0.240 e. The van der Waals surface area contributed by atoms with Crippen LogP contribution in [-0.2, 0) is 14.8 Å².